The molecule has 0 aliphatic rings. The third-order valence-corrected chi connectivity index (χ3v) is 1.41. The lowest BCUT2D eigenvalue weighted by Crippen LogP contribution is -1.63. The SMILES string of the molecule is CCC[CH2][AlH2].O. The summed E-state index contributed by atoms with van der Waals surface area (Å²) in [7, 11) is 0. The second-order valence-corrected chi connectivity index (χ2v) is 2.35. The van der Waals surface area contributed by atoms with Crippen LogP contribution in [0.2, 0.25) is 5.28 Å². The molecule has 1 nitrogen and oxygen atoms in total. The van der Waals surface area contributed by atoms with Gasteiger partial charge < -0.3 is 5.48 Å². The molecule has 0 saturated carbocycles. The van der Waals surface area contributed by atoms with Gasteiger partial charge in [-0.2, -0.15) is 0 Å². The fourth-order valence-electron chi connectivity index (χ4n) is 0.354. The Hall–Kier alpha value is 0.492. The van der Waals surface area contributed by atoms with Gasteiger partial charge in [0.05, 0.1) is 0 Å². The Balaban J connectivity index is 0. The quantitative estimate of drug-likeness (QED) is 0.442. The van der Waals surface area contributed by atoms with Crippen molar-refractivity contribution in [1.82, 2.24) is 0 Å². The number of unbranched alkanes of at least 4 members (excludes halogenated alkanes) is 1. The molecule has 0 aromatic rings. The first-order valence-electron chi connectivity index (χ1n) is 2.41. The second-order valence-electron chi connectivity index (χ2n) is 1.35. The van der Waals surface area contributed by atoms with Crippen molar-refractivity contribution in [2.75, 3.05) is 0 Å². The molecule has 0 aliphatic carbocycles. The summed E-state index contributed by atoms with van der Waals surface area (Å²) < 4.78 is 0. The van der Waals surface area contributed by atoms with Crippen LogP contribution in [0.3, 0.4) is 0 Å². The van der Waals surface area contributed by atoms with E-state index in [2.05, 4.69) is 6.92 Å². The van der Waals surface area contributed by atoms with Crippen molar-refractivity contribution in [2.45, 2.75) is 25.0 Å². The van der Waals surface area contributed by atoms with E-state index in [0.29, 0.717) is 0 Å². The minimum Gasteiger partial charge on any atom is -0.412 e. The van der Waals surface area contributed by atoms with Crippen molar-refractivity contribution in [2.24, 2.45) is 0 Å². The molecule has 0 bridgehead atoms. The fourth-order valence-corrected chi connectivity index (χ4v) is 1.06. The third kappa shape index (κ3) is 8.82. The Morgan fingerprint density at radius 1 is 1.50 bits per heavy atom. The molecule has 0 unspecified atom stereocenters. The van der Waals surface area contributed by atoms with Crippen molar-refractivity contribution in [3.8, 4) is 0 Å². The van der Waals surface area contributed by atoms with E-state index in [9.17, 15) is 0 Å². The van der Waals surface area contributed by atoms with E-state index in [0.717, 1.165) is 0 Å². The maximum Gasteiger partial charge on any atom is 0.211 e. The molecule has 38 valence electrons. The van der Waals surface area contributed by atoms with Crippen LogP contribution in [0.1, 0.15) is 19.8 Å². The maximum atomic E-state index is 2.23. The predicted octanol–water partition coefficient (Wildman–Crippen LogP) is 0.0132. The van der Waals surface area contributed by atoms with Crippen LogP contribution < -0.4 is 0 Å². The van der Waals surface area contributed by atoms with Gasteiger partial charge in [-0.25, -0.2) is 0 Å². The first-order chi connectivity index (χ1) is 2.41. The van der Waals surface area contributed by atoms with Crippen molar-refractivity contribution >= 4 is 16.3 Å². The van der Waals surface area contributed by atoms with Crippen molar-refractivity contribution in [3.05, 3.63) is 0 Å². The van der Waals surface area contributed by atoms with Gasteiger partial charge in [0.25, 0.3) is 0 Å². The van der Waals surface area contributed by atoms with Crippen LogP contribution in [0.15, 0.2) is 0 Å². The number of rotatable bonds is 2. The lowest BCUT2D eigenvalue weighted by molar-refractivity contribution is 0.824. The smallest absolute Gasteiger partial charge is 0.211 e. The molecular weight excluding hydrogens is 91.0 g/mol. The molecule has 0 aromatic carbocycles. The monoisotopic (exact) mass is 104 g/mol. The Morgan fingerprint density at radius 3 is 2.00 bits per heavy atom. The summed E-state index contributed by atoms with van der Waals surface area (Å²) in [5.74, 6) is 0. The molecule has 0 fully saturated rings. The Morgan fingerprint density at radius 2 is 2.00 bits per heavy atom. The van der Waals surface area contributed by atoms with Gasteiger partial charge in [0.2, 0.25) is 16.3 Å². The van der Waals surface area contributed by atoms with Crippen LogP contribution in [0.25, 0.3) is 0 Å². The highest BCUT2D eigenvalue weighted by atomic mass is 27.0. The normalized spacial score (nSPS) is 6.83. The molecule has 0 aliphatic heterocycles. The number of hydrogen-bond acceptors (Lipinski definition) is 0. The summed E-state index contributed by atoms with van der Waals surface area (Å²) in [6.07, 6.45) is 2.83. The third-order valence-electron chi connectivity index (χ3n) is 0.707. The van der Waals surface area contributed by atoms with Crippen molar-refractivity contribution in [3.63, 3.8) is 0 Å². The Bertz CT molecular complexity index is 15.0. The molecule has 0 heterocycles. The first kappa shape index (κ1) is 9.70. The molecule has 2 N–H and O–H groups in total. The minimum absolute atomic E-state index is 0. The first-order valence-corrected chi connectivity index (χ1v) is 3.83. The Labute approximate surface area is 47.5 Å². The van der Waals surface area contributed by atoms with Gasteiger partial charge in [-0.15, -0.1) is 5.28 Å². The largest absolute Gasteiger partial charge is 0.412 e. The average Bonchev–Trinajstić information content (AvgIpc) is 1.41. The summed E-state index contributed by atoms with van der Waals surface area (Å²) in [5.41, 5.74) is 0. The summed E-state index contributed by atoms with van der Waals surface area (Å²) in [5, 5.41) is 1.48. The highest BCUT2D eigenvalue weighted by Crippen LogP contribution is 1.86. The topological polar surface area (TPSA) is 31.5 Å². The van der Waals surface area contributed by atoms with Gasteiger partial charge >= 0.3 is 0 Å². The van der Waals surface area contributed by atoms with Gasteiger partial charge in [0.15, 0.2) is 0 Å². The molecule has 0 radical (unpaired) electrons. The molecule has 0 aromatic heterocycles. The highest BCUT2D eigenvalue weighted by molar-refractivity contribution is 6.08. The maximum absolute atomic E-state index is 2.23. The van der Waals surface area contributed by atoms with Gasteiger partial charge in [0.1, 0.15) is 0 Å². The van der Waals surface area contributed by atoms with E-state index < -0.39 is 0 Å². The van der Waals surface area contributed by atoms with E-state index >= 15 is 0 Å². The van der Waals surface area contributed by atoms with Crippen LogP contribution in [0.5, 0.6) is 0 Å². The number of hydrogen-bond donors (Lipinski definition) is 0. The average molecular weight is 104 g/mol. The molecule has 0 saturated heterocycles. The molecule has 2 heteroatoms. The zero-order valence-electron chi connectivity index (χ0n) is 4.62. The van der Waals surface area contributed by atoms with E-state index in [4.69, 9.17) is 0 Å². The van der Waals surface area contributed by atoms with E-state index in [1.54, 1.807) is 0 Å². The van der Waals surface area contributed by atoms with Gasteiger partial charge in [-0.1, -0.05) is 19.8 Å². The van der Waals surface area contributed by atoms with E-state index in [1.807, 2.05) is 0 Å². The summed E-state index contributed by atoms with van der Waals surface area (Å²) in [4.78, 5) is 0. The molecule has 6 heavy (non-hydrogen) atoms. The predicted molar refractivity (Wildman–Crippen MR) is 31.9 cm³/mol. The van der Waals surface area contributed by atoms with Crippen LogP contribution in [0, 0.1) is 0 Å². The highest BCUT2D eigenvalue weighted by Gasteiger charge is 1.69. The van der Waals surface area contributed by atoms with Gasteiger partial charge in [-0.3, -0.25) is 0 Å². The van der Waals surface area contributed by atoms with E-state index in [1.165, 1.54) is 34.4 Å². The minimum atomic E-state index is 0. The lowest BCUT2D eigenvalue weighted by atomic mass is 10.4. The molecule has 0 rings (SSSR count). The van der Waals surface area contributed by atoms with Crippen molar-refractivity contribution < 1.29 is 5.48 Å². The molecule has 0 atom stereocenters. The van der Waals surface area contributed by atoms with Crippen LogP contribution in [-0.2, 0) is 0 Å². The van der Waals surface area contributed by atoms with Crippen LogP contribution >= 0.6 is 0 Å². The summed E-state index contributed by atoms with van der Waals surface area (Å²) in [6.45, 7) is 2.23. The van der Waals surface area contributed by atoms with Crippen LogP contribution in [-0.4, -0.2) is 21.8 Å². The van der Waals surface area contributed by atoms with Gasteiger partial charge in [0, 0.05) is 0 Å². The molecular formula is C4H13AlO. The van der Waals surface area contributed by atoms with Gasteiger partial charge in [-0.05, 0) is 0 Å². The zero-order chi connectivity index (χ0) is 4.12. The van der Waals surface area contributed by atoms with Crippen molar-refractivity contribution in [1.29, 1.82) is 0 Å². The molecule has 0 spiro atoms. The zero-order valence-corrected chi connectivity index (χ0v) is 6.62. The Kier molecular flexibility index (Phi) is 14.7. The summed E-state index contributed by atoms with van der Waals surface area (Å²) >= 11 is 1.40. The second kappa shape index (κ2) is 9.09. The van der Waals surface area contributed by atoms with Crippen LogP contribution in [0.4, 0.5) is 0 Å². The molecule has 0 amide bonds. The van der Waals surface area contributed by atoms with E-state index in [-0.39, 0.29) is 5.48 Å². The standard InChI is InChI=1S/C4H9.Al.H2O.2H/c1-3-4-2;;;;/h1,3-4H2,2H3;;1H2;;. The summed E-state index contributed by atoms with van der Waals surface area (Å²) in [6, 6.07) is 0. The lowest BCUT2D eigenvalue weighted by Gasteiger charge is -1.78. The fraction of sp³-hybridized carbons (Fsp3) is 1.00.